The highest BCUT2D eigenvalue weighted by atomic mass is 16.7. The molecule has 0 aliphatic carbocycles. The molecule has 0 saturated carbocycles. The Morgan fingerprint density at radius 2 is 1.20 bits per heavy atom. The third-order valence-corrected chi connectivity index (χ3v) is 6.02. The smallest absolute Gasteiger partial charge is 0.222 e. The first-order valence-electron chi connectivity index (χ1n) is 11.5. The van der Waals surface area contributed by atoms with Crippen LogP contribution in [-0.2, 0) is 24.7 Å². The Bertz CT molecular complexity index is 688. The average Bonchev–Trinajstić information content (AvgIpc) is 3.48. The van der Waals surface area contributed by atoms with E-state index < -0.39 is 5.79 Å². The maximum Gasteiger partial charge on any atom is 0.222 e. The minimum Gasteiger partial charge on any atom is -0.350 e. The molecule has 4 rings (SSSR count). The van der Waals surface area contributed by atoms with Gasteiger partial charge in [0, 0.05) is 11.1 Å². The summed E-state index contributed by atoms with van der Waals surface area (Å²) in [5, 5.41) is 0. The van der Waals surface area contributed by atoms with Crippen molar-refractivity contribution in [1.29, 1.82) is 0 Å². The average molecular weight is 411 g/mol. The summed E-state index contributed by atoms with van der Waals surface area (Å²) < 4.78 is 23.9. The van der Waals surface area contributed by atoms with Crippen molar-refractivity contribution in [3.63, 3.8) is 0 Å². The van der Waals surface area contributed by atoms with Gasteiger partial charge in [0.1, 0.15) is 0 Å². The van der Waals surface area contributed by atoms with Gasteiger partial charge in [-0.15, -0.1) is 0 Å². The zero-order chi connectivity index (χ0) is 20.5. The van der Waals surface area contributed by atoms with Gasteiger partial charge < -0.3 is 18.9 Å². The largest absolute Gasteiger partial charge is 0.350 e. The van der Waals surface area contributed by atoms with Crippen LogP contribution in [0.5, 0.6) is 0 Å². The molecule has 1 unspecified atom stereocenters. The van der Waals surface area contributed by atoms with Crippen LogP contribution in [0, 0.1) is 0 Å². The summed E-state index contributed by atoms with van der Waals surface area (Å²) in [6.45, 7) is 2.16. The maximum absolute atomic E-state index is 6.57. The van der Waals surface area contributed by atoms with Gasteiger partial charge in [0.25, 0.3) is 0 Å². The number of unbranched alkanes of at least 4 members (excludes halogenated alkanes) is 5. The molecule has 2 aromatic carbocycles. The quantitative estimate of drug-likeness (QED) is 0.439. The lowest BCUT2D eigenvalue weighted by Crippen LogP contribution is -2.29. The monoisotopic (exact) mass is 410 g/mol. The number of hydrogen-bond acceptors (Lipinski definition) is 4. The molecule has 2 fully saturated rings. The Morgan fingerprint density at radius 1 is 0.667 bits per heavy atom. The Kier molecular flexibility index (Phi) is 7.93. The lowest BCUT2D eigenvalue weighted by Gasteiger charge is -2.29. The van der Waals surface area contributed by atoms with Crippen LogP contribution in [0.2, 0.25) is 0 Å². The SMILES string of the molecule is c1ccc(C2(c3ccccc3)OCC(CCCCCCCCC3OCCO3)O2)cc1. The van der Waals surface area contributed by atoms with Gasteiger partial charge in [-0.3, -0.25) is 0 Å². The predicted octanol–water partition coefficient (Wildman–Crippen LogP) is 5.80. The van der Waals surface area contributed by atoms with E-state index in [0.717, 1.165) is 37.2 Å². The molecule has 162 valence electrons. The molecule has 2 aliphatic rings. The van der Waals surface area contributed by atoms with Crippen molar-refractivity contribution in [2.75, 3.05) is 19.8 Å². The topological polar surface area (TPSA) is 36.9 Å². The van der Waals surface area contributed by atoms with Crippen LogP contribution in [-0.4, -0.2) is 32.2 Å². The van der Waals surface area contributed by atoms with Crippen molar-refractivity contribution in [3.8, 4) is 0 Å². The number of hydrogen-bond donors (Lipinski definition) is 0. The maximum atomic E-state index is 6.57. The minimum atomic E-state index is -0.780. The molecule has 0 N–H and O–H groups in total. The van der Waals surface area contributed by atoms with E-state index in [4.69, 9.17) is 18.9 Å². The molecule has 0 radical (unpaired) electrons. The van der Waals surface area contributed by atoms with Crippen LogP contribution >= 0.6 is 0 Å². The zero-order valence-electron chi connectivity index (χ0n) is 17.8. The highest BCUT2D eigenvalue weighted by molar-refractivity contribution is 5.34. The second-order valence-corrected chi connectivity index (χ2v) is 8.27. The Balaban J connectivity index is 1.20. The van der Waals surface area contributed by atoms with Crippen LogP contribution in [0.3, 0.4) is 0 Å². The van der Waals surface area contributed by atoms with Crippen LogP contribution in [0.1, 0.15) is 62.5 Å². The highest BCUT2D eigenvalue weighted by Gasteiger charge is 2.44. The van der Waals surface area contributed by atoms with Gasteiger partial charge in [-0.2, -0.15) is 0 Å². The molecule has 2 aromatic rings. The third-order valence-electron chi connectivity index (χ3n) is 6.02. The van der Waals surface area contributed by atoms with Crippen molar-refractivity contribution >= 4 is 0 Å². The van der Waals surface area contributed by atoms with Gasteiger partial charge in [0.2, 0.25) is 5.79 Å². The minimum absolute atomic E-state index is 0.0546. The normalized spacial score (nSPS) is 21.3. The van der Waals surface area contributed by atoms with E-state index in [1.807, 2.05) is 36.4 Å². The molecule has 30 heavy (non-hydrogen) atoms. The highest BCUT2D eigenvalue weighted by Crippen LogP contribution is 2.41. The molecule has 4 nitrogen and oxygen atoms in total. The molecular formula is C26H34O4. The van der Waals surface area contributed by atoms with Crippen molar-refractivity contribution in [2.45, 2.75) is 69.5 Å². The fourth-order valence-corrected chi connectivity index (χ4v) is 4.40. The summed E-state index contributed by atoms with van der Waals surface area (Å²) >= 11 is 0. The Labute approximate surface area is 180 Å². The number of ether oxygens (including phenoxy) is 4. The van der Waals surface area contributed by atoms with E-state index in [2.05, 4.69) is 24.3 Å². The van der Waals surface area contributed by atoms with Crippen molar-refractivity contribution < 1.29 is 18.9 Å². The molecule has 2 heterocycles. The first-order chi connectivity index (χ1) is 14.9. The fraction of sp³-hybridized carbons (Fsp3) is 0.538. The summed E-state index contributed by atoms with van der Waals surface area (Å²) in [5.74, 6) is -0.780. The van der Waals surface area contributed by atoms with Crippen molar-refractivity contribution in [3.05, 3.63) is 71.8 Å². The molecule has 2 aliphatic heterocycles. The third kappa shape index (κ3) is 5.50. The van der Waals surface area contributed by atoms with E-state index in [9.17, 15) is 0 Å². The summed E-state index contributed by atoms with van der Waals surface area (Å²) in [6, 6.07) is 20.6. The van der Waals surface area contributed by atoms with Gasteiger partial charge in [0.15, 0.2) is 6.29 Å². The van der Waals surface area contributed by atoms with E-state index in [0.29, 0.717) is 6.61 Å². The van der Waals surface area contributed by atoms with Gasteiger partial charge in [0.05, 0.1) is 25.9 Å². The van der Waals surface area contributed by atoms with Gasteiger partial charge in [-0.25, -0.2) is 0 Å². The lowest BCUT2D eigenvalue weighted by atomic mass is 9.97. The zero-order valence-corrected chi connectivity index (χ0v) is 17.8. The molecule has 0 spiro atoms. The summed E-state index contributed by atoms with van der Waals surface area (Å²) in [4.78, 5) is 0. The van der Waals surface area contributed by atoms with Crippen molar-refractivity contribution in [1.82, 2.24) is 0 Å². The molecule has 1 atom stereocenters. The summed E-state index contributed by atoms with van der Waals surface area (Å²) in [5.41, 5.74) is 2.13. The van der Waals surface area contributed by atoms with E-state index in [-0.39, 0.29) is 12.4 Å². The van der Waals surface area contributed by atoms with E-state index in [1.165, 1.54) is 38.5 Å². The number of benzene rings is 2. The molecule has 4 heteroatoms. The van der Waals surface area contributed by atoms with E-state index in [1.54, 1.807) is 0 Å². The molecule has 0 bridgehead atoms. The number of rotatable bonds is 11. The fourth-order valence-electron chi connectivity index (χ4n) is 4.40. The van der Waals surface area contributed by atoms with Crippen LogP contribution in [0.25, 0.3) is 0 Å². The summed E-state index contributed by atoms with van der Waals surface area (Å²) in [6.07, 6.45) is 9.73. The van der Waals surface area contributed by atoms with Crippen LogP contribution in [0.4, 0.5) is 0 Å². The first kappa shape index (κ1) is 21.5. The first-order valence-corrected chi connectivity index (χ1v) is 11.5. The second kappa shape index (κ2) is 11.1. The predicted molar refractivity (Wildman–Crippen MR) is 117 cm³/mol. The van der Waals surface area contributed by atoms with Gasteiger partial charge in [-0.1, -0.05) is 92.8 Å². The van der Waals surface area contributed by atoms with Crippen LogP contribution in [0.15, 0.2) is 60.7 Å². The second-order valence-electron chi connectivity index (χ2n) is 8.27. The van der Waals surface area contributed by atoms with Crippen molar-refractivity contribution in [2.24, 2.45) is 0 Å². The summed E-state index contributed by atoms with van der Waals surface area (Å²) in [7, 11) is 0. The van der Waals surface area contributed by atoms with E-state index >= 15 is 0 Å². The Hall–Kier alpha value is -1.72. The molecule has 0 amide bonds. The molecular weight excluding hydrogens is 376 g/mol. The standard InChI is InChI=1S/C26H34O4/c1(2-4-12-18-25-27-19-20-28-25)3-11-17-24-21-29-26(30-24,22-13-7-5-8-14-22)23-15-9-6-10-16-23/h5-10,13-16,24-25H,1-4,11-12,17-21H2. The molecule has 2 saturated heterocycles. The lowest BCUT2D eigenvalue weighted by molar-refractivity contribution is -0.143. The van der Waals surface area contributed by atoms with Gasteiger partial charge >= 0.3 is 0 Å². The Morgan fingerprint density at radius 3 is 1.80 bits per heavy atom. The van der Waals surface area contributed by atoms with Crippen LogP contribution < -0.4 is 0 Å². The molecule has 0 aromatic heterocycles. The van der Waals surface area contributed by atoms with Gasteiger partial charge in [-0.05, 0) is 19.3 Å².